The summed E-state index contributed by atoms with van der Waals surface area (Å²) in [5.41, 5.74) is 2.28. The summed E-state index contributed by atoms with van der Waals surface area (Å²) in [5.74, 6) is 4.92. The highest BCUT2D eigenvalue weighted by atomic mass is 32.1. The van der Waals surface area contributed by atoms with Crippen molar-refractivity contribution < 1.29 is 4.39 Å². The predicted molar refractivity (Wildman–Crippen MR) is 73.3 cm³/mol. The lowest BCUT2D eigenvalue weighted by molar-refractivity contribution is 0.614. The van der Waals surface area contributed by atoms with E-state index >= 15 is 0 Å². The molecule has 1 unspecified atom stereocenters. The zero-order valence-electron chi connectivity index (χ0n) is 10.6. The molecule has 1 atom stereocenters. The summed E-state index contributed by atoms with van der Waals surface area (Å²) in [7, 11) is 0. The van der Waals surface area contributed by atoms with Crippen molar-refractivity contribution in [3.63, 3.8) is 0 Å². The van der Waals surface area contributed by atoms with Crippen LogP contribution in [0.1, 0.15) is 29.8 Å². The standard InChI is InChI=1S/C11H15FN6S/c1-3-7-4-14-10(19-7)6(2)16-9-8(12)5-15-11(17-9)18-13/h4-6H,3,13H2,1-2H3,(H2,15,16,17,18). The average Bonchev–Trinajstić information content (AvgIpc) is 2.90. The Kier molecular flexibility index (Phi) is 4.23. The van der Waals surface area contributed by atoms with E-state index in [1.165, 1.54) is 4.88 Å². The molecule has 19 heavy (non-hydrogen) atoms. The van der Waals surface area contributed by atoms with Gasteiger partial charge in [0.1, 0.15) is 5.01 Å². The first-order chi connectivity index (χ1) is 9.13. The third-order valence-corrected chi connectivity index (χ3v) is 3.84. The Morgan fingerprint density at radius 1 is 1.42 bits per heavy atom. The molecule has 0 spiro atoms. The van der Waals surface area contributed by atoms with E-state index in [2.05, 4.69) is 32.6 Å². The van der Waals surface area contributed by atoms with Crippen molar-refractivity contribution in [2.75, 3.05) is 10.7 Å². The van der Waals surface area contributed by atoms with Gasteiger partial charge in [0.2, 0.25) is 5.95 Å². The molecule has 0 aliphatic heterocycles. The summed E-state index contributed by atoms with van der Waals surface area (Å²) in [6.45, 7) is 3.97. The number of nitrogen functional groups attached to an aromatic ring is 1. The van der Waals surface area contributed by atoms with E-state index < -0.39 is 5.82 Å². The number of aromatic nitrogens is 3. The molecule has 8 heteroatoms. The van der Waals surface area contributed by atoms with Crippen LogP contribution in [0, 0.1) is 5.82 Å². The third-order valence-electron chi connectivity index (χ3n) is 2.52. The van der Waals surface area contributed by atoms with E-state index in [0.717, 1.165) is 17.6 Å². The number of halogens is 1. The van der Waals surface area contributed by atoms with E-state index in [4.69, 9.17) is 5.84 Å². The highest BCUT2D eigenvalue weighted by Crippen LogP contribution is 2.24. The van der Waals surface area contributed by atoms with Gasteiger partial charge >= 0.3 is 0 Å². The molecule has 2 rings (SSSR count). The SMILES string of the molecule is CCc1cnc(C(C)Nc2nc(NN)ncc2F)s1. The molecule has 0 bridgehead atoms. The van der Waals surface area contributed by atoms with Gasteiger partial charge in [-0.3, -0.25) is 5.43 Å². The number of hydrazine groups is 1. The van der Waals surface area contributed by atoms with E-state index in [9.17, 15) is 4.39 Å². The maximum absolute atomic E-state index is 13.6. The van der Waals surface area contributed by atoms with Gasteiger partial charge in [-0.25, -0.2) is 20.2 Å². The fourth-order valence-electron chi connectivity index (χ4n) is 1.49. The molecular weight excluding hydrogens is 267 g/mol. The lowest BCUT2D eigenvalue weighted by Gasteiger charge is -2.12. The van der Waals surface area contributed by atoms with E-state index in [-0.39, 0.29) is 17.8 Å². The molecule has 2 aromatic rings. The van der Waals surface area contributed by atoms with Crippen molar-refractivity contribution in [1.82, 2.24) is 15.0 Å². The summed E-state index contributed by atoms with van der Waals surface area (Å²) < 4.78 is 13.6. The van der Waals surface area contributed by atoms with Crippen LogP contribution in [0.2, 0.25) is 0 Å². The molecular formula is C11H15FN6S. The summed E-state index contributed by atoms with van der Waals surface area (Å²) >= 11 is 1.60. The van der Waals surface area contributed by atoms with Crippen LogP contribution in [0.5, 0.6) is 0 Å². The highest BCUT2D eigenvalue weighted by Gasteiger charge is 2.14. The highest BCUT2D eigenvalue weighted by molar-refractivity contribution is 7.11. The second-order valence-corrected chi connectivity index (χ2v) is 5.07. The smallest absolute Gasteiger partial charge is 0.239 e. The van der Waals surface area contributed by atoms with Gasteiger partial charge in [0.25, 0.3) is 0 Å². The maximum Gasteiger partial charge on any atom is 0.239 e. The molecule has 4 N–H and O–H groups in total. The molecule has 102 valence electrons. The number of nitrogens with one attached hydrogen (secondary N) is 2. The van der Waals surface area contributed by atoms with Gasteiger partial charge in [-0.2, -0.15) is 4.98 Å². The number of aryl methyl sites for hydroxylation is 1. The van der Waals surface area contributed by atoms with Crippen molar-refractivity contribution in [3.8, 4) is 0 Å². The molecule has 0 amide bonds. The van der Waals surface area contributed by atoms with Gasteiger partial charge in [-0.05, 0) is 13.3 Å². The number of thiazole rings is 1. The Hall–Kier alpha value is -1.80. The molecule has 0 radical (unpaired) electrons. The van der Waals surface area contributed by atoms with Gasteiger partial charge in [0, 0.05) is 11.1 Å². The lowest BCUT2D eigenvalue weighted by atomic mass is 10.3. The zero-order chi connectivity index (χ0) is 13.8. The Labute approximate surface area is 114 Å². The van der Waals surface area contributed by atoms with Crippen molar-refractivity contribution in [1.29, 1.82) is 0 Å². The second kappa shape index (κ2) is 5.89. The molecule has 0 aromatic carbocycles. The molecule has 2 heterocycles. The molecule has 6 nitrogen and oxygen atoms in total. The first kappa shape index (κ1) is 13.6. The van der Waals surface area contributed by atoms with Crippen LogP contribution < -0.4 is 16.6 Å². The summed E-state index contributed by atoms with van der Waals surface area (Å²) in [6, 6.07) is -0.139. The van der Waals surface area contributed by atoms with Gasteiger partial charge < -0.3 is 5.32 Å². The van der Waals surface area contributed by atoms with Crippen molar-refractivity contribution in [3.05, 3.63) is 28.1 Å². The quantitative estimate of drug-likeness (QED) is 0.575. The van der Waals surface area contributed by atoms with E-state index in [1.807, 2.05) is 13.1 Å². The monoisotopic (exact) mass is 282 g/mol. The van der Waals surface area contributed by atoms with E-state index in [0.29, 0.717) is 0 Å². The topological polar surface area (TPSA) is 88.8 Å². The van der Waals surface area contributed by atoms with Crippen LogP contribution in [-0.4, -0.2) is 15.0 Å². The number of anilines is 2. The van der Waals surface area contributed by atoms with Crippen molar-refractivity contribution in [2.45, 2.75) is 26.3 Å². The molecule has 0 fully saturated rings. The van der Waals surface area contributed by atoms with Crippen LogP contribution in [0.25, 0.3) is 0 Å². The van der Waals surface area contributed by atoms with Crippen LogP contribution in [0.3, 0.4) is 0 Å². The van der Waals surface area contributed by atoms with Gasteiger partial charge in [-0.1, -0.05) is 6.92 Å². The summed E-state index contributed by atoms with van der Waals surface area (Å²) in [6.07, 6.45) is 3.84. The lowest BCUT2D eigenvalue weighted by Crippen LogP contribution is -2.14. The average molecular weight is 282 g/mol. The van der Waals surface area contributed by atoms with Crippen LogP contribution in [-0.2, 0) is 6.42 Å². The zero-order valence-corrected chi connectivity index (χ0v) is 11.5. The molecule has 0 saturated carbocycles. The second-order valence-electron chi connectivity index (χ2n) is 3.92. The Morgan fingerprint density at radius 3 is 2.84 bits per heavy atom. The van der Waals surface area contributed by atoms with Crippen molar-refractivity contribution in [2.24, 2.45) is 5.84 Å². The predicted octanol–water partition coefficient (Wildman–Crippen LogP) is 2.09. The van der Waals surface area contributed by atoms with Gasteiger partial charge in [0.05, 0.1) is 12.2 Å². The Morgan fingerprint density at radius 2 is 2.21 bits per heavy atom. The maximum atomic E-state index is 13.6. The van der Waals surface area contributed by atoms with Crippen LogP contribution in [0.15, 0.2) is 12.4 Å². The Balaban J connectivity index is 2.15. The van der Waals surface area contributed by atoms with Crippen LogP contribution >= 0.6 is 11.3 Å². The number of hydrogen-bond donors (Lipinski definition) is 3. The van der Waals surface area contributed by atoms with E-state index in [1.54, 1.807) is 11.3 Å². The number of nitrogens with two attached hydrogens (primary N) is 1. The van der Waals surface area contributed by atoms with Crippen molar-refractivity contribution >= 4 is 23.1 Å². The van der Waals surface area contributed by atoms with Crippen LogP contribution in [0.4, 0.5) is 16.2 Å². The molecule has 0 aliphatic rings. The minimum absolute atomic E-state index is 0.101. The van der Waals surface area contributed by atoms with Gasteiger partial charge in [-0.15, -0.1) is 11.3 Å². The first-order valence-corrected chi connectivity index (χ1v) is 6.66. The molecule has 0 aliphatic carbocycles. The normalized spacial score (nSPS) is 12.2. The minimum atomic E-state index is -0.530. The minimum Gasteiger partial charge on any atom is -0.359 e. The number of hydrogen-bond acceptors (Lipinski definition) is 7. The fourth-order valence-corrected chi connectivity index (χ4v) is 2.35. The molecule has 0 saturated heterocycles. The van der Waals surface area contributed by atoms with Gasteiger partial charge in [0.15, 0.2) is 11.6 Å². The fraction of sp³-hybridized carbons (Fsp3) is 0.364. The largest absolute Gasteiger partial charge is 0.359 e. The molecule has 2 aromatic heterocycles. The first-order valence-electron chi connectivity index (χ1n) is 5.84. The third kappa shape index (κ3) is 3.15. The number of rotatable bonds is 5. The summed E-state index contributed by atoms with van der Waals surface area (Å²) in [4.78, 5) is 13.1. The Bertz CT molecular complexity index is 558. The summed E-state index contributed by atoms with van der Waals surface area (Å²) in [5, 5.41) is 3.85. The number of nitrogens with zero attached hydrogens (tertiary/aromatic N) is 3.